The Kier molecular flexibility index (Phi) is 3.71. The number of hydrogen-bond donors (Lipinski definition) is 1. The molecule has 1 aromatic rings. The summed E-state index contributed by atoms with van der Waals surface area (Å²) in [5.41, 5.74) is 3.77. The monoisotopic (exact) mass is 247 g/mol. The highest BCUT2D eigenvalue weighted by Crippen LogP contribution is 2.27. The molecule has 1 aliphatic rings. The molecule has 0 aliphatic carbocycles. The standard InChI is InChI=1S/C15H21NO2/c1-10-5-4-6-11(2)13(10)9-16-8-7-12(3)14(16)15(17)18/h4-6,12,14H,7-9H2,1-3H3,(H,17,18). The molecule has 2 unspecified atom stereocenters. The van der Waals surface area contributed by atoms with Crippen molar-refractivity contribution in [2.24, 2.45) is 5.92 Å². The number of carboxylic acid groups (broad SMARTS) is 1. The van der Waals surface area contributed by atoms with E-state index in [0.717, 1.165) is 19.5 Å². The predicted molar refractivity (Wildman–Crippen MR) is 71.5 cm³/mol. The van der Waals surface area contributed by atoms with Crippen LogP contribution in [0.5, 0.6) is 0 Å². The molecule has 0 aromatic heterocycles. The SMILES string of the molecule is Cc1cccc(C)c1CN1CCC(C)C1C(=O)O. The zero-order valence-corrected chi connectivity index (χ0v) is 11.3. The Labute approximate surface area is 108 Å². The Morgan fingerprint density at radius 1 is 1.39 bits per heavy atom. The normalized spacial score (nSPS) is 24.4. The van der Waals surface area contributed by atoms with E-state index in [0.29, 0.717) is 0 Å². The van der Waals surface area contributed by atoms with Crippen LogP contribution in [0.25, 0.3) is 0 Å². The van der Waals surface area contributed by atoms with Gasteiger partial charge in [-0.05, 0) is 49.4 Å². The molecule has 1 N–H and O–H groups in total. The van der Waals surface area contributed by atoms with Crippen LogP contribution in [0.15, 0.2) is 18.2 Å². The van der Waals surface area contributed by atoms with Crippen LogP contribution in [-0.4, -0.2) is 28.6 Å². The lowest BCUT2D eigenvalue weighted by molar-refractivity contribution is -0.143. The van der Waals surface area contributed by atoms with Gasteiger partial charge in [0.1, 0.15) is 6.04 Å². The number of nitrogens with zero attached hydrogens (tertiary/aromatic N) is 1. The minimum absolute atomic E-state index is 0.242. The van der Waals surface area contributed by atoms with Crippen molar-refractivity contribution < 1.29 is 9.90 Å². The fourth-order valence-corrected chi connectivity index (χ4v) is 2.90. The van der Waals surface area contributed by atoms with E-state index in [4.69, 9.17) is 0 Å². The Bertz CT molecular complexity index is 436. The first-order valence-corrected chi connectivity index (χ1v) is 6.52. The van der Waals surface area contributed by atoms with Crippen LogP contribution in [0.1, 0.15) is 30.0 Å². The molecule has 0 bridgehead atoms. The summed E-state index contributed by atoms with van der Waals surface area (Å²) in [5.74, 6) is -0.446. The third kappa shape index (κ3) is 2.41. The predicted octanol–water partition coefficient (Wildman–Crippen LogP) is 2.60. The van der Waals surface area contributed by atoms with Crippen LogP contribution in [0.4, 0.5) is 0 Å². The lowest BCUT2D eigenvalue weighted by Crippen LogP contribution is -2.38. The summed E-state index contributed by atoms with van der Waals surface area (Å²) < 4.78 is 0. The van der Waals surface area contributed by atoms with E-state index in [9.17, 15) is 9.90 Å². The molecule has 3 nitrogen and oxygen atoms in total. The second kappa shape index (κ2) is 5.11. The zero-order valence-electron chi connectivity index (χ0n) is 11.3. The molecule has 3 heteroatoms. The molecule has 1 saturated heterocycles. The average Bonchev–Trinajstić information content (AvgIpc) is 2.65. The maximum Gasteiger partial charge on any atom is 0.321 e. The smallest absolute Gasteiger partial charge is 0.321 e. The molecule has 1 heterocycles. The van der Waals surface area contributed by atoms with Crippen LogP contribution in [0.2, 0.25) is 0 Å². The van der Waals surface area contributed by atoms with Gasteiger partial charge in [-0.1, -0.05) is 25.1 Å². The van der Waals surface area contributed by atoms with Gasteiger partial charge in [-0.25, -0.2) is 0 Å². The largest absolute Gasteiger partial charge is 0.480 e. The van der Waals surface area contributed by atoms with E-state index in [-0.39, 0.29) is 12.0 Å². The van der Waals surface area contributed by atoms with Gasteiger partial charge in [0.2, 0.25) is 0 Å². The van der Waals surface area contributed by atoms with Gasteiger partial charge in [-0.15, -0.1) is 0 Å². The molecule has 98 valence electrons. The van der Waals surface area contributed by atoms with Crippen molar-refractivity contribution in [2.45, 2.75) is 39.8 Å². The van der Waals surface area contributed by atoms with Crippen molar-refractivity contribution in [1.82, 2.24) is 4.90 Å². The van der Waals surface area contributed by atoms with Crippen molar-refractivity contribution in [3.8, 4) is 0 Å². The number of aliphatic carboxylic acids is 1. The Morgan fingerprint density at radius 2 is 2.00 bits per heavy atom. The number of carbonyl (C=O) groups is 1. The van der Waals surface area contributed by atoms with E-state index >= 15 is 0 Å². The van der Waals surface area contributed by atoms with Crippen molar-refractivity contribution in [3.63, 3.8) is 0 Å². The first kappa shape index (κ1) is 13.1. The third-order valence-electron chi connectivity index (χ3n) is 4.06. The second-order valence-corrected chi connectivity index (χ2v) is 5.39. The maximum atomic E-state index is 11.3. The van der Waals surface area contributed by atoms with Gasteiger partial charge in [-0.2, -0.15) is 0 Å². The van der Waals surface area contributed by atoms with Gasteiger partial charge < -0.3 is 5.11 Å². The third-order valence-corrected chi connectivity index (χ3v) is 4.06. The molecule has 2 rings (SSSR count). The molecule has 0 spiro atoms. The van der Waals surface area contributed by atoms with Gasteiger partial charge in [0.25, 0.3) is 0 Å². The second-order valence-electron chi connectivity index (χ2n) is 5.39. The molecular formula is C15H21NO2. The summed E-state index contributed by atoms with van der Waals surface area (Å²) >= 11 is 0. The lowest BCUT2D eigenvalue weighted by atomic mass is 10.0. The topological polar surface area (TPSA) is 40.5 Å². The van der Waals surface area contributed by atoms with Crippen molar-refractivity contribution >= 4 is 5.97 Å². The number of carboxylic acids is 1. The van der Waals surface area contributed by atoms with Crippen LogP contribution in [-0.2, 0) is 11.3 Å². The Balaban J connectivity index is 2.21. The van der Waals surface area contributed by atoms with Crippen LogP contribution >= 0.6 is 0 Å². The van der Waals surface area contributed by atoms with E-state index in [1.165, 1.54) is 16.7 Å². The average molecular weight is 247 g/mol. The van der Waals surface area contributed by atoms with Crippen molar-refractivity contribution in [2.75, 3.05) is 6.54 Å². The molecule has 18 heavy (non-hydrogen) atoms. The molecule has 0 saturated carbocycles. The summed E-state index contributed by atoms with van der Waals surface area (Å²) in [6, 6.07) is 5.91. The molecule has 1 aliphatic heterocycles. The highest BCUT2D eigenvalue weighted by molar-refractivity contribution is 5.74. The van der Waals surface area contributed by atoms with Gasteiger partial charge in [0, 0.05) is 6.54 Å². The van der Waals surface area contributed by atoms with Crippen LogP contribution in [0.3, 0.4) is 0 Å². The number of likely N-dealkylation sites (tertiary alicyclic amines) is 1. The number of aryl methyl sites for hydroxylation is 2. The molecule has 1 aromatic carbocycles. The molecule has 1 fully saturated rings. The van der Waals surface area contributed by atoms with Crippen LogP contribution < -0.4 is 0 Å². The summed E-state index contributed by atoms with van der Waals surface area (Å²) in [4.78, 5) is 13.4. The minimum atomic E-state index is -0.689. The molecule has 0 amide bonds. The van der Waals surface area contributed by atoms with Gasteiger partial charge >= 0.3 is 5.97 Å². The van der Waals surface area contributed by atoms with Gasteiger partial charge in [0.05, 0.1) is 0 Å². The summed E-state index contributed by atoms with van der Waals surface area (Å²) in [6.07, 6.45) is 0.974. The van der Waals surface area contributed by atoms with Crippen LogP contribution in [0, 0.1) is 19.8 Å². The zero-order chi connectivity index (χ0) is 13.3. The minimum Gasteiger partial charge on any atom is -0.480 e. The highest BCUT2D eigenvalue weighted by Gasteiger charge is 2.36. The fourth-order valence-electron chi connectivity index (χ4n) is 2.90. The van der Waals surface area contributed by atoms with Gasteiger partial charge in [-0.3, -0.25) is 9.69 Å². The Hall–Kier alpha value is -1.35. The highest BCUT2D eigenvalue weighted by atomic mass is 16.4. The number of benzene rings is 1. The summed E-state index contributed by atoms with van der Waals surface area (Å²) in [6.45, 7) is 7.85. The number of rotatable bonds is 3. The maximum absolute atomic E-state index is 11.3. The fraction of sp³-hybridized carbons (Fsp3) is 0.533. The van der Waals surface area contributed by atoms with E-state index < -0.39 is 5.97 Å². The summed E-state index contributed by atoms with van der Waals surface area (Å²) in [7, 11) is 0. The van der Waals surface area contributed by atoms with E-state index in [1.807, 2.05) is 6.92 Å². The first-order chi connectivity index (χ1) is 8.50. The molecule has 0 radical (unpaired) electrons. The van der Waals surface area contributed by atoms with Crippen molar-refractivity contribution in [1.29, 1.82) is 0 Å². The molecular weight excluding hydrogens is 226 g/mol. The lowest BCUT2D eigenvalue weighted by Gasteiger charge is -2.24. The Morgan fingerprint density at radius 3 is 2.56 bits per heavy atom. The summed E-state index contributed by atoms with van der Waals surface area (Å²) in [5, 5.41) is 9.33. The quantitative estimate of drug-likeness (QED) is 0.892. The number of hydrogen-bond acceptors (Lipinski definition) is 2. The van der Waals surface area contributed by atoms with E-state index in [2.05, 4.69) is 36.9 Å². The molecule has 2 atom stereocenters. The van der Waals surface area contributed by atoms with Crippen molar-refractivity contribution in [3.05, 3.63) is 34.9 Å². The first-order valence-electron chi connectivity index (χ1n) is 6.52. The van der Waals surface area contributed by atoms with Gasteiger partial charge in [0.15, 0.2) is 0 Å². The van der Waals surface area contributed by atoms with E-state index in [1.54, 1.807) is 0 Å².